The van der Waals surface area contributed by atoms with Gasteiger partial charge in [-0.15, -0.1) is 12.8 Å². The number of carbonyl (C=O) groups excluding carboxylic acids is 1. The van der Waals surface area contributed by atoms with Gasteiger partial charge in [-0.3, -0.25) is 4.79 Å². The van der Waals surface area contributed by atoms with E-state index in [0.717, 1.165) is 42.7 Å². The zero-order chi connectivity index (χ0) is 37.7. The average molecular weight is 719 g/mol. The first-order valence-corrected chi connectivity index (χ1v) is 16.0. The van der Waals surface area contributed by atoms with Gasteiger partial charge >= 0.3 is 0 Å². The number of halogens is 1. The average Bonchev–Trinajstić information content (AvgIpc) is 3.15. The Morgan fingerprint density at radius 2 is 1.66 bits per heavy atom. The molecule has 1 unspecified atom stereocenters. The van der Waals surface area contributed by atoms with Gasteiger partial charge in [-0.1, -0.05) is 48.0 Å². The Morgan fingerprint density at radius 1 is 1.08 bits per heavy atom. The normalized spacial score (nSPS) is 15.0. The Balaban J connectivity index is 0.00000127. The summed E-state index contributed by atoms with van der Waals surface area (Å²) in [6, 6.07) is 17.2. The number of amides is 1. The number of pyridine rings is 1. The lowest BCUT2D eigenvalue weighted by molar-refractivity contribution is -0.105. The number of nitrogens with one attached hydrogen (secondary N) is 2. The monoisotopic (exact) mass is 718 g/mol. The summed E-state index contributed by atoms with van der Waals surface area (Å²) in [5.74, 6) is 0.408. The summed E-state index contributed by atoms with van der Waals surface area (Å²) in [5.41, 5.74) is 4.81. The summed E-state index contributed by atoms with van der Waals surface area (Å²) in [4.78, 5) is 19.2. The summed E-state index contributed by atoms with van der Waals surface area (Å²) in [7, 11) is 2.47. The second-order valence-corrected chi connectivity index (χ2v) is 10.3. The van der Waals surface area contributed by atoms with Crippen LogP contribution in [0.1, 0.15) is 20.3 Å². The van der Waals surface area contributed by atoms with Crippen molar-refractivity contribution in [3.63, 3.8) is 0 Å². The second-order valence-electron chi connectivity index (χ2n) is 9.87. The quantitative estimate of drug-likeness (QED) is 0.0601. The Bertz CT molecular complexity index is 1340. The van der Waals surface area contributed by atoms with Crippen LogP contribution in [0.4, 0.5) is 17.2 Å². The molecule has 3 aromatic rings. The highest BCUT2D eigenvalue weighted by Gasteiger charge is 2.21. The molecule has 1 amide bonds. The maximum absolute atomic E-state index is 10.6. The zero-order valence-corrected chi connectivity index (χ0v) is 29.9. The standard InChI is InChI=1S/C25H25ClN4O4.C4H10O3.C4H10O.C2H2.CH4O/c1-27-25-23(29-15-34-21-10-20(32)12-33-13-21)11-22(26)24(30-25)18-4-2-16(3-5-18)17-6-8-19(9-7-17)28-14-31;1-7-3-4(6)2-5;1-3-5-4-2;2*1-2/h2-9,11,14,20-21,29,32H,1,10,12-13,15H2,(H,28,31);4-6H,2-3H2,1H3;3-4H2,1-2H3;1-2H;2H,1H3/t20-,21+;;;;/m0..../s1. The molecule has 4 rings (SSSR count). The highest BCUT2D eigenvalue weighted by Crippen LogP contribution is 2.35. The minimum atomic E-state index is -0.718. The first-order chi connectivity index (χ1) is 24.3. The van der Waals surface area contributed by atoms with Crippen molar-refractivity contribution in [1.29, 1.82) is 0 Å². The third kappa shape index (κ3) is 17.6. The van der Waals surface area contributed by atoms with E-state index < -0.39 is 12.2 Å². The molecule has 1 aliphatic heterocycles. The van der Waals surface area contributed by atoms with Gasteiger partial charge in [0.1, 0.15) is 12.8 Å². The lowest BCUT2D eigenvalue weighted by Crippen LogP contribution is -2.35. The predicted octanol–water partition coefficient (Wildman–Crippen LogP) is 4.39. The van der Waals surface area contributed by atoms with E-state index in [1.54, 1.807) is 6.07 Å². The van der Waals surface area contributed by atoms with Crippen molar-refractivity contribution in [3.8, 4) is 35.2 Å². The predicted molar refractivity (Wildman–Crippen MR) is 199 cm³/mol. The van der Waals surface area contributed by atoms with Crippen LogP contribution in [0.15, 0.2) is 59.6 Å². The number of terminal acetylenes is 1. The fraction of sp³-hybridized carbons (Fsp3) is 0.417. The van der Waals surface area contributed by atoms with Crippen molar-refractivity contribution < 1.29 is 44.2 Å². The zero-order valence-electron chi connectivity index (χ0n) is 29.1. The van der Waals surface area contributed by atoms with Gasteiger partial charge in [-0.25, -0.2) is 9.98 Å². The number of ether oxygens (including phenoxy) is 4. The molecule has 0 spiro atoms. The molecule has 2 heterocycles. The van der Waals surface area contributed by atoms with Crippen LogP contribution in [0.5, 0.6) is 0 Å². The number of hydrogen-bond acceptors (Lipinski definition) is 12. The SMILES string of the molecule is C#C.C=Nc1nc(-c2ccc(-c3ccc(NC=O)cc3)cc2)c(Cl)cc1NCO[C@H]1COC[C@@H](O)C1.CCOCC.CO.COCC(O)CO. The second kappa shape index (κ2) is 28.9. The van der Waals surface area contributed by atoms with Crippen LogP contribution in [0.2, 0.25) is 5.02 Å². The number of aromatic nitrogens is 1. The van der Waals surface area contributed by atoms with E-state index in [1.165, 1.54) is 7.11 Å². The van der Waals surface area contributed by atoms with Crippen LogP contribution in [0.3, 0.4) is 0 Å². The number of aliphatic hydroxyl groups excluding tert-OH is 4. The summed E-state index contributed by atoms with van der Waals surface area (Å²) in [6.07, 6.45) is 7.77. The molecular formula is C36H51ClN4O9. The Labute approximate surface area is 300 Å². The van der Waals surface area contributed by atoms with Crippen molar-refractivity contribution in [3.05, 3.63) is 59.6 Å². The number of aliphatic hydroxyl groups is 4. The molecule has 276 valence electrons. The van der Waals surface area contributed by atoms with E-state index in [0.29, 0.717) is 48.3 Å². The summed E-state index contributed by atoms with van der Waals surface area (Å²) >= 11 is 6.55. The molecule has 13 nitrogen and oxygen atoms in total. The molecule has 1 fully saturated rings. The van der Waals surface area contributed by atoms with Crippen LogP contribution in [0, 0.1) is 12.8 Å². The van der Waals surface area contributed by atoms with Gasteiger partial charge in [0.2, 0.25) is 6.41 Å². The molecule has 14 heteroatoms. The molecule has 50 heavy (non-hydrogen) atoms. The Hall–Kier alpha value is -3.94. The van der Waals surface area contributed by atoms with Gasteiger partial charge in [-0.05, 0) is 49.9 Å². The van der Waals surface area contributed by atoms with Crippen molar-refractivity contribution in [2.45, 2.75) is 38.6 Å². The highest BCUT2D eigenvalue weighted by molar-refractivity contribution is 6.33. The van der Waals surface area contributed by atoms with E-state index in [1.807, 2.05) is 62.4 Å². The minimum Gasteiger partial charge on any atom is -0.400 e. The minimum absolute atomic E-state index is 0.185. The van der Waals surface area contributed by atoms with Gasteiger partial charge in [0, 0.05) is 45.1 Å². The largest absolute Gasteiger partial charge is 0.400 e. The fourth-order valence-corrected chi connectivity index (χ4v) is 4.42. The molecule has 1 aromatic heterocycles. The van der Waals surface area contributed by atoms with Crippen LogP contribution in [0.25, 0.3) is 22.4 Å². The first kappa shape index (κ1) is 46.1. The van der Waals surface area contributed by atoms with Crippen molar-refractivity contribution in [2.75, 3.05) is 71.2 Å². The topological polar surface area (TPSA) is 184 Å². The number of methoxy groups -OCH3 is 1. The molecule has 0 radical (unpaired) electrons. The molecule has 6 N–H and O–H groups in total. The van der Waals surface area contributed by atoms with E-state index >= 15 is 0 Å². The first-order valence-electron chi connectivity index (χ1n) is 15.6. The number of carbonyl (C=O) groups is 1. The highest BCUT2D eigenvalue weighted by atomic mass is 35.5. The molecule has 0 saturated carbocycles. The van der Waals surface area contributed by atoms with Gasteiger partial charge < -0.3 is 50.0 Å². The molecule has 3 atom stereocenters. The molecule has 1 saturated heterocycles. The molecule has 1 aliphatic rings. The molecule has 2 aromatic carbocycles. The summed E-state index contributed by atoms with van der Waals surface area (Å²) in [6.45, 7) is 10.2. The number of rotatable bonds is 14. The smallest absolute Gasteiger partial charge is 0.211 e. The summed E-state index contributed by atoms with van der Waals surface area (Å²) in [5, 5.41) is 39.5. The third-order valence-electron chi connectivity index (χ3n) is 6.42. The van der Waals surface area contributed by atoms with E-state index in [2.05, 4.69) is 44.9 Å². The number of nitrogens with zero attached hydrogens (tertiary/aromatic N) is 2. The van der Waals surface area contributed by atoms with Crippen LogP contribution in [-0.4, -0.2) is 117 Å². The van der Waals surface area contributed by atoms with Crippen molar-refractivity contribution in [2.24, 2.45) is 4.99 Å². The Morgan fingerprint density at radius 3 is 2.12 bits per heavy atom. The summed E-state index contributed by atoms with van der Waals surface area (Å²) < 4.78 is 20.4. The molecule has 0 bridgehead atoms. The number of anilines is 2. The van der Waals surface area contributed by atoms with Crippen molar-refractivity contribution in [1.82, 2.24) is 4.98 Å². The fourth-order valence-electron chi connectivity index (χ4n) is 4.16. The lowest BCUT2D eigenvalue weighted by atomic mass is 10.0. The number of benzene rings is 2. The number of aliphatic imine (C=N–C) groups is 1. The van der Waals surface area contributed by atoms with E-state index in [9.17, 15) is 9.90 Å². The van der Waals surface area contributed by atoms with E-state index in [-0.39, 0.29) is 26.0 Å². The number of hydrogen-bond donors (Lipinski definition) is 6. The Kier molecular flexibility index (Phi) is 26.6. The van der Waals surface area contributed by atoms with Gasteiger partial charge in [0.05, 0.1) is 55.0 Å². The van der Waals surface area contributed by atoms with Gasteiger partial charge in [-0.2, -0.15) is 0 Å². The van der Waals surface area contributed by atoms with Crippen LogP contribution in [-0.2, 0) is 23.7 Å². The van der Waals surface area contributed by atoms with Gasteiger partial charge in [0.25, 0.3) is 0 Å². The maximum Gasteiger partial charge on any atom is 0.211 e. The molecule has 0 aliphatic carbocycles. The van der Waals surface area contributed by atoms with Gasteiger partial charge in [0.15, 0.2) is 5.82 Å². The van der Waals surface area contributed by atoms with Crippen molar-refractivity contribution >= 4 is 41.9 Å². The van der Waals surface area contributed by atoms with E-state index in [4.69, 9.17) is 41.1 Å². The van der Waals surface area contributed by atoms with Crippen LogP contribution >= 0.6 is 11.6 Å². The molecular weight excluding hydrogens is 668 g/mol. The van der Waals surface area contributed by atoms with Crippen LogP contribution < -0.4 is 10.6 Å². The third-order valence-corrected chi connectivity index (χ3v) is 6.70. The lowest BCUT2D eigenvalue weighted by Gasteiger charge is -2.26. The maximum atomic E-state index is 10.6.